The zero-order chi connectivity index (χ0) is 13.0. The van der Waals surface area contributed by atoms with E-state index in [1.807, 2.05) is 0 Å². The van der Waals surface area contributed by atoms with E-state index < -0.39 is 4.75 Å². The summed E-state index contributed by atoms with van der Waals surface area (Å²) < 4.78 is 10.7. The van der Waals surface area contributed by atoms with E-state index in [1.54, 1.807) is 34.1 Å². The van der Waals surface area contributed by atoms with E-state index in [1.165, 1.54) is 38.5 Å². The molecule has 0 radical (unpaired) electrons. The molecule has 17 heavy (non-hydrogen) atoms. The lowest BCUT2D eigenvalue weighted by Crippen LogP contribution is -1.82. The molecular formula is C12H27OPS3. The Hall–Kier alpha value is 1.28. The van der Waals surface area contributed by atoms with Crippen LogP contribution in [-0.2, 0) is 4.57 Å². The van der Waals surface area contributed by atoms with Crippen LogP contribution in [0.1, 0.15) is 59.3 Å². The number of hydrogen-bond acceptors (Lipinski definition) is 4. The Labute approximate surface area is 120 Å². The van der Waals surface area contributed by atoms with Crippen molar-refractivity contribution in [1.82, 2.24) is 0 Å². The van der Waals surface area contributed by atoms with Gasteiger partial charge in [0.05, 0.1) is 0 Å². The molecule has 1 nitrogen and oxygen atoms in total. The highest BCUT2D eigenvalue weighted by atomic mass is 33.4. The second kappa shape index (κ2) is 12.3. The van der Waals surface area contributed by atoms with Gasteiger partial charge in [0.15, 0.2) is 0 Å². The molecule has 0 aromatic heterocycles. The summed E-state index contributed by atoms with van der Waals surface area (Å²) in [7, 11) is 0. The van der Waals surface area contributed by atoms with Crippen LogP contribution in [0.25, 0.3) is 0 Å². The van der Waals surface area contributed by atoms with Gasteiger partial charge in [-0.1, -0.05) is 74.2 Å². The van der Waals surface area contributed by atoms with E-state index in [2.05, 4.69) is 20.8 Å². The molecule has 0 spiro atoms. The molecule has 0 aliphatic rings. The van der Waals surface area contributed by atoms with Crippen LogP contribution in [0, 0.1) is 0 Å². The van der Waals surface area contributed by atoms with Crippen molar-refractivity contribution < 1.29 is 4.57 Å². The van der Waals surface area contributed by atoms with Crippen LogP contribution in [0.4, 0.5) is 0 Å². The van der Waals surface area contributed by atoms with Gasteiger partial charge in [0.25, 0.3) is 0 Å². The first-order chi connectivity index (χ1) is 8.18. The third-order valence-electron chi connectivity index (χ3n) is 2.24. The summed E-state index contributed by atoms with van der Waals surface area (Å²) in [5.74, 6) is 3.18. The van der Waals surface area contributed by atoms with E-state index >= 15 is 0 Å². The fraction of sp³-hybridized carbons (Fsp3) is 1.00. The molecule has 0 saturated heterocycles. The molecule has 0 N–H and O–H groups in total. The lowest BCUT2D eigenvalue weighted by atomic mass is 10.4. The molecular weight excluding hydrogens is 287 g/mol. The Balaban J connectivity index is 4.00. The van der Waals surface area contributed by atoms with Crippen molar-refractivity contribution in [3.63, 3.8) is 0 Å². The van der Waals surface area contributed by atoms with Crippen molar-refractivity contribution in [2.24, 2.45) is 0 Å². The van der Waals surface area contributed by atoms with Crippen LogP contribution in [-0.4, -0.2) is 17.3 Å². The summed E-state index contributed by atoms with van der Waals surface area (Å²) in [5.41, 5.74) is 0. The standard InChI is InChI=1S/C12H27OPS3/c1-4-7-10-15-14(13,16-11-8-5-2)17-12-9-6-3/h4-12H2,1-3H3. The van der Waals surface area contributed by atoms with Crippen molar-refractivity contribution in [2.45, 2.75) is 59.3 Å². The van der Waals surface area contributed by atoms with Gasteiger partial charge in [-0.2, -0.15) is 0 Å². The largest absolute Gasteiger partial charge is 0.289 e. The first-order valence-corrected chi connectivity index (χ1v) is 13.2. The van der Waals surface area contributed by atoms with Crippen LogP contribution in [0.15, 0.2) is 0 Å². The topological polar surface area (TPSA) is 17.1 Å². The normalized spacial score (nSPS) is 11.9. The van der Waals surface area contributed by atoms with Crippen LogP contribution < -0.4 is 0 Å². The highest BCUT2D eigenvalue weighted by Crippen LogP contribution is 2.78. The predicted molar refractivity (Wildman–Crippen MR) is 89.7 cm³/mol. The summed E-state index contributed by atoms with van der Waals surface area (Å²) in [6.07, 6.45) is 7.18. The van der Waals surface area contributed by atoms with Crippen molar-refractivity contribution in [1.29, 1.82) is 0 Å². The van der Waals surface area contributed by atoms with Gasteiger partial charge in [-0.15, -0.1) is 0 Å². The first-order valence-electron chi connectivity index (χ1n) is 6.72. The van der Waals surface area contributed by atoms with Crippen LogP contribution in [0.3, 0.4) is 0 Å². The summed E-state index contributed by atoms with van der Waals surface area (Å²) in [5, 5.41) is 0. The molecule has 0 aromatic rings. The monoisotopic (exact) mass is 314 g/mol. The summed E-state index contributed by atoms with van der Waals surface area (Å²) in [4.78, 5) is 0. The second-order valence-corrected chi connectivity index (χ2v) is 15.9. The molecule has 0 rings (SSSR count). The second-order valence-electron chi connectivity index (χ2n) is 4.01. The van der Waals surface area contributed by atoms with Gasteiger partial charge in [0, 0.05) is 17.3 Å². The highest BCUT2D eigenvalue weighted by molar-refractivity contribution is 9.14. The van der Waals surface area contributed by atoms with Gasteiger partial charge >= 0.3 is 0 Å². The summed E-state index contributed by atoms with van der Waals surface area (Å²) >= 11 is 5.19. The Morgan fingerprint density at radius 2 is 1.00 bits per heavy atom. The predicted octanol–water partition coefficient (Wildman–Crippen LogP) is 6.69. The van der Waals surface area contributed by atoms with Crippen molar-refractivity contribution in [2.75, 3.05) is 17.3 Å². The summed E-state index contributed by atoms with van der Waals surface area (Å²) in [6.45, 7) is 6.58. The third kappa shape index (κ3) is 10.9. The lowest BCUT2D eigenvalue weighted by Gasteiger charge is -2.15. The van der Waals surface area contributed by atoms with Crippen LogP contribution in [0.5, 0.6) is 0 Å². The first kappa shape index (κ1) is 18.3. The molecule has 0 heterocycles. The minimum atomic E-state index is -2.06. The van der Waals surface area contributed by atoms with E-state index in [4.69, 9.17) is 0 Å². The Morgan fingerprint density at radius 1 is 0.706 bits per heavy atom. The third-order valence-corrected chi connectivity index (χ3v) is 14.8. The Kier molecular flexibility index (Phi) is 13.2. The molecule has 0 unspecified atom stereocenters. The van der Waals surface area contributed by atoms with Crippen LogP contribution >= 0.6 is 38.9 Å². The Morgan fingerprint density at radius 3 is 1.24 bits per heavy atom. The molecule has 0 aliphatic carbocycles. The zero-order valence-corrected chi connectivity index (χ0v) is 14.8. The molecule has 0 saturated carbocycles. The maximum absolute atomic E-state index is 12.7. The molecule has 104 valence electrons. The van der Waals surface area contributed by atoms with E-state index in [9.17, 15) is 4.57 Å². The SMILES string of the molecule is CCCCSP(=O)(SCCCC)SCCCC. The quantitative estimate of drug-likeness (QED) is 0.294. The number of unbranched alkanes of at least 4 members (excludes halogenated alkanes) is 3. The molecule has 5 heteroatoms. The molecule has 0 fully saturated rings. The maximum Gasteiger partial charge on any atom is 0.243 e. The van der Waals surface area contributed by atoms with Gasteiger partial charge in [-0.05, 0) is 19.3 Å². The molecule has 0 aliphatic heterocycles. The van der Waals surface area contributed by atoms with Crippen LogP contribution in [0.2, 0.25) is 0 Å². The Bertz CT molecular complexity index is 179. The average Bonchev–Trinajstić information content (AvgIpc) is 2.30. The van der Waals surface area contributed by atoms with Gasteiger partial charge < -0.3 is 0 Å². The molecule has 0 aromatic carbocycles. The average molecular weight is 315 g/mol. The lowest BCUT2D eigenvalue weighted by molar-refractivity contribution is 0.601. The molecule has 0 bridgehead atoms. The van der Waals surface area contributed by atoms with E-state index in [0.29, 0.717) is 0 Å². The molecule has 0 atom stereocenters. The van der Waals surface area contributed by atoms with E-state index in [-0.39, 0.29) is 0 Å². The van der Waals surface area contributed by atoms with Gasteiger partial charge in [0.2, 0.25) is 4.75 Å². The van der Waals surface area contributed by atoms with Crippen molar-refractivity contribution in [3.05, 3.63) is 0 Å². The van der Waals surface area contributed by atoms with Gasteiger partial charge in [-0.25, -0.2) is 0 Å². The zero-order valence-electron chi connectivity index (χ0n) is 11.4. The fourth-order valence-corrected chi connectivity index (χ4v) is 13.1. The smallest absolute Gasteiger partial charge is 0.243 e. The highest BCUT2D eigenvalue weighted by Gasteiger charge is 2.23. The van der Waals surface area contributed by atoms with Gasteiger partial charge in [0.1, 0.15) is 0 Å². The molecule has 0 amide bonds. The van der Waals surface area contributed by atoms with Crippen molar-refractivity contribution >= 4 is 38.9 Å². The minimum Gasteiger partial charge on any atom is -0.289 e. The van der Waals surface area contributed by atoms with Crippen molar-refractivity contribution in [3.8, 4) is 0 Å². The number of rotatable bonds is 12. The number of hydrogen-bond donors (Lipinski definition) is 0. The van der Waals surface area contributed by atoms with Gasteiger partial charge in [-0.3, -0.25) is 4.57 Å². The van der Waals surface area contributed by atoms with E-state index in [0.717, 1.165) is 17.3 Å². The fourth-order valence-electron chi connectivity index (χ4n) is 1.07. The minimum absolute atomic E-state index is 1.06. The summed E-state index contributed by atoms with van der Waals surface area (Å²) in [6, 6.07) is 0. The maximum atomic E-state index is 12.7.